The van der Waals surface area contributed by atoms with Gasteiger partial charge in [-0.25, -0.2) is 0 Å². The third-order valence-corrected chi connectivity index (χ3v) is 6.51. The van der Waals surface area contributed by atoms with Crippen LogP contribution in [-0.4, -0.2) is 21.2 Å². The number of rotatable bonds is 7. The zero-order chi connectivity index (χ0) is 18.4. The molecule has 0 fully saturated rings. The molecule has 1 radical (unpaired) electrons. The molecule has 2 nitrogen and oxygen atoms in total. The van der Waals surface area contributed by atoms with Crippen molar-refractivity contribution in [2.75, 3.05) is 0 Å². The summed E-state index contributed by atoms with van der Waals surface area (Å²) in [4.78, 5) is 0. The van der Waals surface area contributed by atoms with Gasteiger partial charge in [0.2, 0.25) is 0 Å². The van der Waals surface area contributed by atoms with Gasteiger partial charge in [0.1, 0.15) is 0 Å². The molecule has 0 bridgehead atoms. The zero-order valence-corrected chi connectivity index (χ0v) is 17.2. The average molecular weight is 355 g/mol. The van der Waals surface area contributed by atoms with E-state index in [1.807, 2.05) is 0 Å². The second-order valence-corrected chi connectivity index (χ2v) is 10.3. The van der Waals surface area contributed by atoms with E-state index in [4.69, 9.17) is 10.2 Å². The van der Waals surface area contributed by atoms with E-state index in [1.165, 1.54) is 10.4 Å². The molecule has 0 aliphatic rings. The van der Waals surface area contributed by atoms with E-state index in [-0.39, 0.29) is 17.6 Å². The van der Waals surface area contributed by atoms with Crippen molar-refractivity contribution in [1.29, 1.82) is 0 Å². The van der Waals surface area contributed by atoms with Crippen LogP contribution in [0.25, 0.3) is 0 Å². The minimum absolute atomic E-state index is 0.00617. The van der Waals surface area contributed by atoms with E-state index in [2.05, 4.69) is 95.3 Å². The van der Waals surface area contributed by atoms with Crippen LogP contribution in [0, 0.1) is 11.3 Å². The fourth-order valence-corrected chi connectivity index (χ4v) is 5.56. The molecule has 2 rings (SSSR count). The molecule has 0 saturated heterocycles. The second-order valence-electron chi connectivity index (χ2n) is 8.26. The molecule has 25 heavy (non-hydrogen) atoms. The Balaban J connectivity index is 2.36. The van der Waals surface area contributed by atoms with Crippen LogP contribution in [0.15, 0.2) is 60.7 Å². The summed E-state index contributed by atoms with van der Waals surface area (Å²) < 4.78 is 6.83. The molecule has 1 unspecified atom stereocenters. The molecule has 2 aromatic rings. The molecule has 0 saturated carbocycles. The van der Waals surface area contributed by atoms with Crippen LogP contribution < -0.4 is 16.1 Å². The molecule has 0 heterocycles. The highest BCUT2D eigenvalue weighted by molar-refractivity contribution is 6.80. The van der Waals surface area contributed by atoms with E-state index in [0.29, 0.717) is 5.92 Å². The Kier molecular flexibility index (Phi) is 7.00. The van der Waals surface area contributed by atoms with Gasteiger partial charge in [0.05, 0.1) is 6.10 Å². The molecule has 2 aromatic carbocycles. The Morgan fingerprint density at radius 1 is 0.880 bits per heavy atom. The van der Waals surface area contributed by atoms with Crippen molar-refractivity contribution in [1.82, 2.24) is 0 Å². The summed E-state index contributed by atoms with van der Waals surface area (Å²) >= 11 is 0. The fourth-order valence-electron chi connectivity index (χ4n) is 3.18. The highest BCUT2D eigenvalue weighted by atomic mass is 28.3. The molecular weight excluding hydrogens is 322 g/mol. The number of nitrogens with two attached hydrogens (primary N) is 1. The molecule has 2 atom stereocenters. The van der Waals surface area contributed by atoms with Crippen molar-refractivity contribution >= 4 is 19.4 Å². The summed E-state index contributed by atoms with van der Waals surface area (Å²) in [6, 6.07) is 21.2. The van der Waals surface area contributed by atoms with Gasteiger partial charge in [0.25, 0.3) is 9.04 Å². The SMILES string of the molecule is CC(C)C[C@H](N)C(O[Si](c1ccccc1)c1ccccc1)C(C)(C)C. The second kappa shape index (κ2) is 8.79. The van der Waals surface area contributed by atoms with E-state index < -0.39 is 9.04 Å². The zero-order valence-electron chi connectivity index (χ0n) is 16.2. The molecule has 0 aliphatic heterocycles. The largest absolute Gasteiger partial charge is 0.402 e. The lowest BCUT2D eigenvalue weighted by atomic mass is 9.82. The van der Waals surface area contributed by atoms with Crippen LogP contribution in [0.4, 0.5) is 0 Å². The van der Waals surface area contributed by atoms with Crippen molar-refractivity contribution in [3.63, 3.8) is 0 Å². The lowest BCUT2D eigenvalue weighted by Gasteiger charge is -2.38. The Morgan fingerprint density at radius 3 is 1.68 bits per heavy atom. The summed E-state index contributed by atoms with van der Waals surface area (Å²) in [5, 5.41) is 2.54. The summed E-state index contributed by atoms with van der Waals surface area (Å²) in [6.45, 7) is 11.1. The minimum Gasteiger partial charge on any atom is -0.402 e. The standard InChI is InChI=1S/C22H32NOSi/c1-17(2)16-20(23)21(22(3,4)5)24-25(18-12-8-6-9-13-18)19-14-10-7-11-15-19/h6-15,17,20-21H,16,23H2,1-5H3/t20-,21?/m0/s1. The minimum atomic E-state index is -1.34. The summed E-state index contributed by atoms with van der Waals surface area (Å²) in [6.07, 6.45) is 0.991. The van der Waals surface area contributed by atoms with Crippen LogP contribution in [0.5, 0.6) is 0 Å². The van der Waals surface area contributed by atoms with Crippen LogP contribution in [-0.2, 0) is 4.43 Å². The fraction of sp³-hybridized carbons (Fsp3) is 0.455. The Hall–Kier alpha value is -1.42. The van der Waals surface area contributed by atoms with Crippen LogP contribution in [0.1, 0.15) is 41.0 Å². The van der Waals surface area contributed by atoms with Crippen LogP contribution in [0.3, 0.4) is 0 Å². The van der Waals surface area contributed by atoms with Crippen molar-refractivity contribution in [3.8, 4) is 0 Å². The van der Waals surface area contributed by atoms with Gasteiger partial charge in [-0.1, -0.05) is 95.3 Å². The van der Waals surface area contributed by atoms with Crippen LogP contribution >= 0.6 is 0 Å². The van der Waals surface area contributed by atoms with Gasteiger partial charge in [-0.3, -0.25) is 0 Å². The topological polar surface area (TPSA) is 35.2 Å². The molecule has 0 aliphatic carbocycles. The third kappa shape index (κ3) is 5.81. The van der Waals surface area contributed by atoms with Crippen molar-refractivity contribution < 1.29 is 4.43 Å². The van der Waals surface area contributed by atoms with Gasteiger partial charge < -0.3 is 10.2 Å². The van der Waals surface area contributed by atoms with Crippen LogP contribution in [0.2, 0.25) is 0 Å². The first-order valence-corrected chi connectivity index (χ1v) is 10.6. The van der Waals surface area contributed by atoms with E-state index in [0.717, 1.165) is 6.42 Å². The summed E-state index contributed by atoms with van der Waals surface area (Å²) in [5.74, 6) is 0.563. The Labute approximate surface area is 155 Å². The van der Waals surface area contributed by atoms with Gasteiger partial charge in [0.15, 0.2) is 0 Å². The normalized spacial score (nSPS) is 14.7. The lowest BCUT2D eigenvalue weighted by Crippen LogP contribution is -2.55. The van der Waals surface area contributed by atoms with E-state index in [9.17, 15) is 0 Å². The quantitative estimate of drug-likeness (QED) is 0.771. The molecule has 0 spiro atoms. The Bertz CT molecular complexity index is 582. The molecule has 0 amide bonds. The number of hydrogen-bond acceptors (Lipinski definition) is 2. The number of benzene rings is 2. The predicted octanol–water partition coefficient (Wildman–Crippen LogP) is 3.60. The highest BCUT2D eigenvalue weighted by Gasteiger charge is 2.35. The first kappa shape index (κ1) is 19.9. The van der Waals surface area contributed by atoms with Gasteiger partial charge in [0, 0.05) is 6.04 Å². The monoisotopic (exact) mass is 354 g/mol. The summed E-state index contributed by atoms with van der Waals surface area (Å²) in [7, 11) is -1.34. The smallest absolute Gasteiger partial charge is 0.283 e. The first-order chi connectivity index (χ1) is 11.8. The maximum absolute atomic E-state index is 6.83. The average Bonchev–Trinajstić information content (AvgIpc) is 2.55. The molecular formula is C22H32NOSi. The summed E-state index contributed by atoms with van der Waals surface area (Å²) in [5.41, 5.74) is 6.59. The molecule has 3 heteroatoms. The number of hydrogen-bond donors (Lipinski definition) is 1. The van der Waals surface area contributed by atoms with E-state index in [1.54, 1.807) is 0 Å². The van der Waals surface area contributed by atoms with Gasteiger partial charge in [-0.15, -0.1) is 0 Å². The molecule has 2 N–H and O–H groups in total. The van der Waals surface area contributed by atoms with Crippen molar-refractivity contribution in [3.05, 3.63) is 60.7 Å². The van der Waals surface area contributed by atoms with E-state index >= 15 is 0 Å². The predicted molar refractivity (Wildman–Crippen MR) is 110 cm³/mol. The maximum atomic E-state index is 6.83. The lowest BCUT2D eigenvalue weighted by molar-refractivity contribution is 0.0589. The molecule has 135 valence electrons. The Morgan fingerprint density at radius 2 is 1.32 bits per heavy atom. The van der Waals surface area contributed by atoms with Gasteiger partial charge in [-0.2, -0.15) is 0 Å². The van der Waals surface area contributed by atoms with Crippen molar-refractivity contribution in [2.24, 2.45) is 17.1 Å². The first-order valence-electron chi connectivity index (χ1n) is 9.19. The highest BCUT2D eigenvalue weighted by Crippen LogP contribution is 2.27. The third-order valence-electron chi connectivity index (χ3n) is 4.30. The molecule has 0 aromatic heterocycles. The van der Waals surface area contributed by atoms with Crippen molar-refractivity contribution in [2.45, 2.75) is 53.2 Å². The maximum Gasteiger partial charge on any atom is 0.283 e. The van der Waals surface area contributed by atoms with Gasteiger partial charge >= 0.3 is 0 Å². The van der Waals surface area contributed by atoms with Gasteiger partial charge in [-0.05, 0) is 28.1 Å².